The molecular formula is C38H55NO4S. The standard InChI is InChI=1S/C38H55NO4S/c1-6-26-22-31-33-14-13-32(37(33,3)19-16-34(31)38(4)18-15-29(40)23-35(26)38)25(2)17-20-39(5)36(41)24-44(42,43)30-12-11-27-9-7-8-10-28(27)21-30/h7-12,21,25-26,29,31-35,40H,6,13-20,22-24H2,1-5H3/t25-,26+,29-,31+,32-,33+,34+,35+,37-,38-/m1/s1. The quantitative estimate of drug-likeness (QED) is 0.327. The van der Waals surface area contributed by atoms with Gasteiger partial charge in [0.15, 0.2) is 9.84 Å². The summed E-state index contributed by atoms with van der Waals surface area (Å²) in [5.41, 5.74) is 0.725. The zero-order valence-electron chi connectivity index (χ0n) is 27.7. The monoisotopic (exact) mass is 621 g/mol. The van der Waals surface area contributed by atoms with Gasteiger partial charge in [-0.3, -0.25) is 4.79 Å². The summed E-state index contributed by atoms with van der Waals surface area (Å²) in [4.78, 5) is 15.0. The molecule has 0 spiro atoms. The smallest absolute Gasteiger partial charge is 0.237 e. The molecule has 4 fully saturated rings. The first-order valence-corrected chi connectivity index (χ1v) is 19.2. The molecule has 0 aromatic heterocycles. The van der Waals surface area contributed by atoms with Gasteiger partial charge in [-0.15, -0.1) is 0 Å². The summed E-state index contributed by atoms with van der Waals surface area (Å²) in [5.74, 6) is 4.12. The van der Waals surface area contributed by atoms with E-state index in [-0.39, 0.29) is 16.9 Å². The average molecular weight is 622 g/mol. The average Bonchev–Trinajstić information content (AvgIpc) is 3.36. The molecule has 4 aliphatic rings. The van der Waals surface area contributed by atoms with Crippen LogP contribution >= 0.6 is 0 Å². The van der Waals surface area contributed by atoms with Crippen molar-refractivity contribution in [2.24, 2.45) is 52.3 Å². The molecule has 1 N–H and O–H groups in total. The zero-order valence-corrected chi connectivity index (χ0v) is 28.5. The summed E-state index contributed by atoms with van der Waals surface area (Å²) >= 11 is 0. The molecule has 0 unspecified atom stereocenters. The minimum atomic E-state index is -3.72. The normalized spacial score (nSPS) is 37.5. The maximum Gasteiger partial charge on any atom is 0.237 e. The number of nitrogens with zero attached hydrogens (tertiary/aromatic N) is 1. The fourth-order valence-corrected chi connectivity index (χ4v) is 12.6. The lowest BCUT2D eigenvalue weighted by molar-refractivity contribution is -0.152. The highest BCUT2D eigenvalue weighted by atomic mass is 32.2. The van der Waals surface area contributed by atoms with Crippen LogP contribution in [0.5, 0.6) is 0 Å². The fourth-order valence-electron chi connectivity index (χ4n) is 11.3. The van der Waals surface area contributed by atoms with Gasteiger partial charge in [0.25, 0.3) is 0 Å². The third kappa shape index (κ3) is 5.54. The van der Waals surface area contributed by atoms with Crippen molar-refractivity contribution in [1.29, 1.82) is 0 Å². The topological polar surface area (TPSA) is 74.7 Å². The van der Waals surface area contributed by atoms with Crippen molar-refractivity contribution in [1.82, 2.24) is 4.90 Å². The number of sulfone groups is 1. The molecule has 5 nitrogen and oxygen atoms in total. The number of carbonyl (C=O) groups is 1. The van der Waals surface area contributed by atoms with Gasteiger partial charge in [0.05, 0.1) is 11.0 Å². The lowest BCUT2D eigenvalue weighted by Crippen LogP contribution is -2.56. The van der Waals surface area contributed by atoms with Crippen molar-refractivity contribution in [3.05, 3.63) is 42.5 Å². The van der Waals surface area contributed by atoms with E-state index >= 15 is 0 Å². The molecule has 6 heteroatoms. The second-order valence-electron chi connectivity index (χ2n) is 15.9. The van der Waals surface area contributed by atoms with Gasteiger partial charge >= 0.3 is 0 Å². The number of aliphatic hydroxyl groups excluding tert-OH is 1. The summed E-state index contributed by atoms with van der Waals surface area (Å²) < 4.78 is 26.3. The predicted molar refractivity (Wildman–Crippen MR) is 178 cm³/mol. The van der Waals surface area contributed by atoms with Crippen molar-refractivity contribution in [3.8, 4) is 0 Å². The Hall–Kier alpha value is -1.92. The van der Waals surface area contributed by atoms with E-state index in [4.69, 9.17) is 0 Å². The summed E-state index contributed by atoms with van der Waals surface area (Å²) in [6.45, 7) is 10.5. The largest absolute Gasteiger partial charge is 0.393 e. The number of rotatable bonds is 8. The highest BCUT2D eigenvalue weighted by Gasteiger charge is 2.62. The van der Waals surface area contributed by atoms with Crippen LogP contribution in [0.1, 0.15) is 91.9 Å². The summed E-state index contributed by atoms with van der Waals surface area (Å²) in [5, 5.41) is 12.4. The van der Waals surface area contributed by atoms with Gasteiger partial charge < -0.3 is 10.0 Å². The molecule has 1 amide bonds. The highest BCUT2D eigenvalue weighted by Crippen LogP contribution is 2.69. The van der Waals surface area contributed by atoms with Crippen LogP contribution in [-0.4, -0.2) is 49.8 Å². The number of fused-ring (bicyclic) bond motifs is 6. The third-order valence-electron chi connectivity index (χ3n) is 13.8. The number of carbonyl (C=O) groups excluding carboxylic acids is 1. The van der Waals surface area contributed by atoms with E-state index in [1.165, 1.54) is 44.9 Å². The minimum Gasteiger partial charge on any atom is -0.393 e. The first kappa shape index (κ1) is 32.0. The van der Waals surface area contributed by atoms with Crippen molar-refractivity contribution in [3.63, 3.8) is 0 Å². The van der Waals surface area contributed by atoms with Crippen LogP contribution in [0, 0.1) is 52.3 Å². The van der Waals surface area contributed by atoms with Gasteiger partial charge in [-0.25, -0.2) is 8.42 Å². The van der Waals surface area contributed by atoms with Crippen molar-refractivity contribution >= 4 is 26.5 Å². The van der Waals surface area contributed by atoms with E-state index in [1.807, 2.05) is 30.3 Å². The number of benzene rings is 2. The van der Waals surface area contributed by atoms with Gasteiger partial charge in [0.2, 0.25) is 5.91 Å². The van der Waals surface area contributed by atoms with E-state index < -0.39 is 15.6 Å². The molecular weight excluding hydrogens is 566 g/mol. The summed E-state index contributed by atoms with van der Waals surface area (Å²) in [6.07, 6.45) is 11.8. The maximum atomic E-state index is 13.2. The Morgan fingerprint density at radius 3 is 2.41 bits per heavy atom. The van der Waals surface area contributed by atoms with E-state index in [2.05, 4.69) is 27.7 Å². The minimum absolute atomic E-state index is 0.104. The van der Waals surface area contributed by atoms with Gasteiger partial charge in [-0.1, -0.05) is 64.4 Å². The SMILES string of the molecule is CC[C@H]1C[C@@H]2[C@H](CC[C@]3(C)[C@@H]([C@H](C)CCN(C)C(=O)CS(=O)(=O)c4ccc5ccccc5c4)CC[C@@H]23)[C@@]2(C)CC[C@@H](O)C[C@@H]12. The molecule has 2 aromatic rings. The van der Waals surface area contributed by atoms with Crippen LogP contribution < -0.4 is 0 Å². The summed E-state index contributed by atoms with van der Waals surface area (Å²) in [7, 11) is -1.95. The van der Waals surface area contributed by atoms with Gasteiger partial charge in [0, 0.05) is 13.6 Å². The van der Waals surface area contributed by atoms with Crippen LogP contribution in [0.2, 0.25) is 0 Å². The zero-order chi connectivity index (χ0) is 31.4. The van der Waals surface area contributed by atoms with E-state index in [0.29, 0.717) is 35.1 Å². The molecule has 10 atom stereocenters. The molecule has 4 saturated carbocycles. The molecule has 0 saturated heterocycles. The summed E-state index contributed by atoms with van der Waals surface area (Å²) in [6, 6.07) is 12.8. The van der Waals surface area contributed by atoms with Gasteiger partial charge in [-0.2, -0.15) is 0 Å². The van der Waals surface area contributed by atoms with E-state index in [1.54, 1.807) is 24.1 Å². The third-order valence-corrected chi connectivity index (χ3v) is 15.4. The molecule has 0 bridgehead atoms. The van der Waals surface area contributed by atoms with Crippen molar-refractivity contribution < 1.29 is 18.3 Å². The second-order valence-corrected chi connectivity index (χ2v) is 17.9. The second kappa shape index (κ2) is 12.0. The molecule has 44 heavy (non-hydrogen) atoms. The molecule has 6 rings (SSSR count). The molecule has 4 aliphatic carbocycles. The van der Waals surface area contributed by atoms with Crippen LogP contribution in [0.25, 0.3) is 10.8 Å². The van der Waals surface area contributed by atoms with Crippen LogP contribution in [-0.2, 0) is 14.6 Å². The first-order chi connectivity index (χ1) is 20.9. The molecule has 0 radical (unpaired) electrons. The van der Waals surface area contributed by atoms with Crippen LogP contribution in [0.15, 0.2) is 47.4 Å². The number of hydrogen-bond donors (Lipinski definition) is 1. The first-order valence-electron chi connectivity index (χ1n) is 17.5. The Morgan fingerprint density at radius 1 is 0.955 bits per heavy atom. The number of amides is 1. The van der Waals surface area contributed by atoms with E-state index in [0.717, 1.165) is 53.7 Å². The Bertz CT molecular complexity index is 1470. The number of aliphatic hydroxyl groups is 1. The lowest BCUT2D eigenvalue weighted by atomic mass is 9.42. The Kier molecular flexibility index (Phi) is 8.76. The van der Waals surface area contributed by atoms with Crippen molar-refractivity contribution in [2.75, 3.05) is 19.3 Å². The highest BCUT2D eigenvalue weighted by molar-refractivity contribution is 7.92. The molecule has 2 aromatic carbocycles. The molecule has 0 heterocycles. The fraction of sp³-hybridized carbons (Fsp3) is 0.711. The Morgan fingerprint density at radius 2 is 1.66 bits per heavy atom. The van der Waals surface area contributed by atoms with Crippen molar-refractivity contribution in [2.45, 2.75) is 103 Å². The Labute approximate surface area is 266 Å². The number of hydrogen-bond acceptors (Lipinski definition) is 4. The maximum absolute atomic E-state index is 13.2. The van der Waals surface area contributed by atoms with Gasteiger partial charge in [0.1, 0.15) is 5.75 Å². The van der Waals surface area contributed by atoms with Crippen LogP contribution in [0.4, 0.5) is 0 Å². The Balaban J connectivity index is 1.08. The molecule has 242 valence electrons. The van der Waals surface area contributed by atoms with Crippen LogP contribution in [0.3, 0.4) is 0 Å². The lowest BCUT2D eigenvalue weighted by Gasteiger charge is -2.63. The predicted octanol–water partition coefficient (Wildman–Crippen LogP) is 7.75. The van der Waals surface area contributed by atoms with Gasteiger partial charge in [-0.05, 0) is 133 Å². The van der Waals surface area contributed by atoms with E-state index in [9.17, 15) is 18.3 Å². The molecule has 0 aliphatic heterocycles.